The van der Waals surface area contributed by atoms with Crippen molar-refractivity contribution in [3.05, 3.63) is 15.6 Å². The second-order valence-electron chi connectivity index (χ2n) is 4.02. The van der Waals surface area contributed by atoms with E-state index in [2.05, 4.69) is 9.88 Å². The van der Waals surface area contributed by atoms with Crippen LogP contribution in [-0.2, 0) is 13.0 Å². The molecule has 0 spiro atoms. The summed E-state index contributed by atoms with van der Waals surface area (Å²) >= 11 is 1.54. The smallest absolute Gasteiger partial charge is 0.355 e. The first-order valence-corrected chi connectivity index (χ1v) is 6.46. The molecule has 1 N–H and O–H groups in total. The van der Waals surface area contributed by atoms with Crippen LogP contribution in [0.15, 0.2) is 0 Å². The molecule has 4 nitrogen and oxygen atoms in total. The van der Waals surface area contributed by atoms with E-state index in [1.165, 1.54) is 12.8 Å². The molecule has 5 heteroatoms. The number of carboxylic acid groups (broad SMARTS) is 1. The molecule has 0 saturated carbocycles. The highest BCUT2D eigenvalue weighted by Crippen LogP contribution is 2.23. The first-order valence-electron chi connectivity index (χ1n) is 5.65. The topological polar surface area (TPSA) is 53.4 Å². The lowest BCUT2D eigenvalue weighted by Gasteiger charge is -2.12. The van der Waals surface area contributed by atoms with E-state index in [0.717, 1.165) is 35.9 Å². The molecular formula is C11H16N2O2S. The van der Waals surface area contributed by atoms with E-state index < -0.39 is 5.97 Å². The van der Waals surface area contributed by atoms with E-state index in [-0.39, 0.29) is 5.69 Å². The number of rotatable bonds is 4. The van der Waals surface area contributed by atoms with Crippen LogP contribution in [0.5, 0.6) is 0 Å². The fourth-order valence-electron chi connectivity index (χ4n) is 1.97. The lowest BCUT2D eigenvalue weighted by atomic mass is 10.3. The van der Waals surface area contributed by atoms with Gasteiger partial charge in [0.25, 0.3) is 0 Å². The largest absolute Gasteiger partial charge is 0.476 e. The molecule has 1 saturated heterocycles. The molecular weight excluding hydrogens is 224 g/mol. The molecule has 1 aliphatic rings. The summed E-state index contributed by atoms with van der Waals surface area (Å²) < 4.78 is 0. The van der Waals surface area contributed by atoms with Crippen LogP contribution < -0.4 is 0 Å². The highest BCUT2D eigenvalue weighted by atomic mass is 32.1. The van der Waals surface area contributed by atoms with Crippen LogP contribution in [0.25, 0.3) is 0 Å². The Morgan fingerprint density at radius 1 is 1.50 bits per heavy atom. The molecule has 0 bridgehead atoms. The number of thiazole rings is 1. The van der Waals surface area contributed by atoms with Gasteiger partial charge in [-0.2, -0.15) is 0 Å². The maximum Gasteiger partial charge on any atom is 0.355 e. The van der Waals surface area contributed by atoms with Crippen LogP contribution in [-0.4, -0.2) is 34.0 Å². The maximum absolute atomic E-state index is 11.1. The molecule has 1 aromatic rings. The number of nitrogens with zero attached hydrogens (tertiary/aromatic N) is 2. The molecule has 1 fully saturated rings. The zero-order valence-electron chi connectivity index (χ0n) is 9.40. The molecule has 88 valence electrons. The summed E-state index contributed by atoms with van der Waals surface area (Å²) in [5.41, 5.74) is 0.258. The van der Waals surface area contributed by atoms with Gasteiger partial charge in [0.1, 0.15) is 0 Å². The number of carbonyl (C=O) groups is 1. The van der Waals surface area contributed by atoms with Crippen LogP contribution in [0.4, 0.5) is 0 Å². The molecule has 16 heavy (non-hydrogen) atoms. The number of hydrogen-bond donors (Lipinski definition) is 1. The van der Waals surface area contributed by atoms with Crippen LogP contribution >= 0.6 is 11.3 Å². The highest BCUT2D eigenvalue weighted by molar-refractivity contribution is 7.11. The second kappa shape index (κ2) is 4.93. The minimum absolute atomic E-state index is 0.258. The summed E-state index contributed by atoms with van der Waals surface area (Å²) in [6.07, 6.45) is 3.26. The van der Waals surface area contributed by atoms with Gasteiger partial charge in [-0.05, 0) is 32.4 Å². The van der Waals surface area contributed by atoms with Crippen molar-refractivity contribution in [2.24, 2.45) is 0 Å². The van der Waals surface area contributed by atoms with Crippen molar-refractivity contribution in [1.82, 2.24) is 9.88 Å². The molecule has 1 aliphatic heterocycles. The van der Waals surface area contributed by atoms with Crippen LogP contribution in [0.3, 0.4) is 0 Å². The molecule has 2 rings (SSSR count). The Bertz CT molecular complexity index is 383. The van der Waals surface area contributed by atoms with Crippen LogP contribution in [0.2, 0.25) is 0 Å². The van der Waals surface area contributed by atoms with Gasteiger partial charge < -0.3 is 5.11 Å². The van der Waals surface area contributed by atoms with E-state index in [9.17, 15) is 4.79 Å². The van der Waals surface area contributed by atoms with Gasteiger partial charge >= 0.3 is 5.97 Å². The first kappa shape index (κ1) is 11.5. The van der Waals surface area contributed by atoms with Crippen molar-refractivity contribution in [2.75, 3.05) is 13.1 Å². The number of aromatic nitrogens is 1. The lowest BCUT2D eigenvalue weighted by Crippen LogP contribution is -2.19. The number of aromatic carboxylic acids is 1. The average molecular weight is 240 g/mol. The summed E-state index contributed by atoms with van der Waals surface area (Å²) in [4.78, 5) is 18.4. The zero-order valence-corrected chi connectivity index (χ0v) is 10.2. The van der Waals surface area contributed by atoms with E-state index in [0.29, 0.717) is 0 Å². The van der Waals surface area contributed by atoms with Gasteiger partial charge in [-0.15, -0.1) is 11.3 Å². The Hall–Kier alpha value is -0.940. The number of hydrogen-bond acceptors (Lipinski definition) is 4. The van der Waals surface area contributed by atoms with Gasteiger partial charge in [0.05, 0.1) is 9.88 Å². The van der Waals surface area contributed by atoms with Crippen molar-refractivity contribution in [3.63, 3.8) is 0 Å². The van der Waals surface area contributed by atoms with Crippen molar-refractivity contribution < 1.29 is 9.90 Å². The lowest BCUT2D eigenvalue weighted by molar-refractivity contribution is 0.0689. The molecule has 1 aromatic heterocycles. The fourth-order valence-corrected chi connectivity index (χ4v) is 3.01. The average Bonchev–Trinajstić information content (AvgIpc) is 2.87. The molecule has 0 aliphatic carbocycles. The number of carboxylic acids is 1. The predicted octanol–water partition coefficient (Wildman–Crippen LogP) is 2.00. The standard InChI is InChI=1S/C11H16N2O2S/c1-2-9-12-10(11(14)15)8(16-9)7-13-5-3-4-6-13/h2-7H2,1H3,(H,14,15). The van der Waals surface area contributed by atoms with Gasteiger partial charge in [-0.1, -0.05) is 6.92 Å². The molecule has 2 heterocycles. The Morgan fingerprint density at radius 2 is 2.19 bits per heavy atom. The van der Waals surface area contributed by atoms with Crippen molar-refractivity contribution in [2.45, 2.75) is 32.7 Å². The molecule has 0 amide bonds. The zero-order chi connectivity index (χ0) is 11.5. The van der Waals surface area contributed by atoms with Gasteiger partial charge in [-0.3, -0.25) is 4.90 Å². The Kier molecular flexibility index (Phi) is 3.56. The molecule has 0 unspecified atom stereocenters. The summed E-state index contributed by atoms with van der Waals surface area (Å²) in [6, 6.07) is 0. The fraction of sp³-hybridized carbons (Fsp3) is 0.636. The van der Waals surface area contributed by atoms with Crippen molar-refractivity contribution in [3.8, 4) is 0 Å². The maximum atomic E-state index is 11.1. The highest BCUT2D eigenvalue weighted by Gasteiger charge is 2.20. The third-order valence-corrected chi connectivity index (χ3v) is 4.00. The van der Waals surface area contributed by atoms with Gasteiger partial charge in [0.2, 0.25) is 0 Å². The quantitative estimate of drug-likeness (QED) is 0.874. The minimum atomic E-state index is -0.898. The monoisotopic (exact) mass is 240 g/mol. The van der Waals surface area contributed by atoms with E-state index >= 15 is 0 Å². The van der Waals surface area contributed by atoms with Crippen LogP contribution in [0, 0.1) is 0 Å². The first-order chi connectivity index (χ1) is 7.70. The summed E-state index contributed by atoms with van der Waals surface area (Å²) in [7, 11) is 0. The third kappa shape index (κ3) is 2.41. The number of aryl methyl sites for hydroxylation is 1. The van der Waals surface area contributed by atoms with E-state index in [1.807, 2.05) is 6.92 Å². The van der Waals surface area contributed by atoms with Gasteiger partial charge in [0, 0.05) is 6.54 Å². The van der Waals surface area contributed by atoms with Crippen LogP contribution in [0.1, 0.15) is 40.1 Å². The van der Waals surface area contributed by atoms with Crippen molar-refractivity contribution in [1.29, 1.82) is 0 Å². The molecule has 0 radical (unpaired) electrons. The van der Waals surface area contributed by atoms with E-state index in [4.69, 9.17) is 5.11 Å². The SMILES string of the molecule is CCc1nc(C(=O)O)c(CN2CCCC2)s1. The molecule has 0 atom stereocenters. The van der Waals surface area contributed by atoms with Gasteiger partial charge in [-0.25, -0.2) is 9.78 Å². The molecule has 0 aromatic carbocycles. The Morgan fingerprint density at radius 3 is 2.75 bits per heavy atom. The summed E-state index contributed by atoms with van der Waals surface area (Å²) in [6.45, 7) is 4.92. The van der Waals surface area contributed by atoms with Gasteiger partial charge in [0.15, 0.2) is 5.69 Å². The minimum Gasteiger partial charge on any atom is -0.476 e. The van der Waals surface area contributed by atoms with E-state index in [1.54, 1.807) is 11.3 Å². The number of likely N-dealkylation sites (tertiary alicyclic amines) is 1. The van der Waals surface area contributed by atoms with Crippen molar-refractivity contribution >= 4 is 17.3 Å². The Balaban J connectivity index is 2.17. The predicted molar refractivity (Wildman–Crippen MR) is 63.0 cm³/mol. The summed E-state index contributed by atoms with van der Waals surface area (Å²) in [5, 5.41) is 10.00. The normalized spacial score (nSPS) is 16.8. The summed E-state index contributed by atoms with van der Waals surface area (Å²) in [5.74, 6) is -0.898. The third-order valence-electron chi connectivity index (χ3n) is 2.81. The second-order valence-corrected chi connectivity index (χ2v) is 5.19. The Labute approximate surface area is 98.9 Å².